The Hall–Kier alpha value is -1.59. The predicted molar refractivity (Wildman–Crippen MR) is 90.8 cm³/mol. The molecule has 5 heteroatoms. The van der Waals surface area contributed by atoms with Gasteiger partial charge in [0.1, 0.15) is 5.75 Å². The van der Waals surface area contributed by atoms with Gasteiger partial charge in [0.2, 0.25) is 5.91 Å². The first kappa shape index (κ1) is 15.9. The molecule has 0 N–H and O–H groups in total. The van der Waals surface area contributed by atoms with E-state index >= 15 is 0 Å². The van der Waals surface area contributed by atoms with Crippen molar-refractivity contribution >= 4 is 5.91 Å². The fourth-order valence-electron chi connectivity index (χ4n) is 4.42. The van der Waals surface area contributed by atoms with Gasteiger partial charge in [-0.3, -0.25) is 9.69 Å². The first-order valence-electron chi connectivity index (χ1n) is 8.98. The Morgan fingerprint density at radius 3 is 2.54 bits per heavy atom. The van der Waals surface area contributed by atoms with Gasteiger partial charge in [0.25, 0.3) is 0 Å². The summed E-state index contributed by atoms with van der Waals surface area (Å²) in [7, 11) is 1.67. The first-order chi connectivity index (χ1) is 11.7. The quantitative estimate of drug-likeness (QED) is 0.844. The number of rotatable bonds is 4. The molecule has 1 aromatic rings. The number of likely N-dealkylation sites (tertiary alicyclic amines) is 2. The molecule has 3 heterocycles. The van der Waals surface area contributed by atoms with Crippen LogP contribution in [0.5, 0.6) is 5.75 Å². The SMILES string of the molecule is COc1ccc(CN2C[C@@H]3CN(C4CCOCC4)C[C@@H]3C2=O)cc1. The zero-order valence-electron chi connectivity index (χ0n) is 14.3. The Morgan fingerprint density at radius 2 is 1.88 bits per heavy atom. The highest BCUT2D eigenvalue weighted by Gasteiger charge is 2.47. The monoisotopic (exact) mass is 330 g/mol. The number of carbonyl (C=O) groups is 1. The Labute approximate surface area is 143 Å². The highest BCUT2D eigenvalue weighted by molar-refractivity contribution is 5.82. The van der Waals surface area contributed by atoms with Crippen molar-refractivity contribution in [2.45, 2.75) is 25.4 Å². The maximum atomic E-state index is 12.8. The largest absolute Gasteiger partial charge is 0.497 e. The summed E-state index contributed by atoms with van der Waals surface area (Å²) in [6.45, 7) is 5.36. The molecular weight excluding hydrogens is 304 g/mol. The van der Waals surface area contributed by atoms with E-state index in [1.54, 1.807) is 7.11 Å². The minimum Gasteiger partial charge on any atom is -0.497 e. The average Bonchev–Trinajstić information content (AvgIpc) is 3.17. The van der Waals surface area contributed by atoms with E-state index in [9.17, 15) is 4.79 Å². The van der Waals surface area contributed by atoms with Crippen LogP contribution >= 0.6 is 0 Å². The van der Waals surface area contributed by atoms with Gasteiger partial charge >= 0.3 is 0 Å². The second-order valence-corrected chi connectivity index (χ2v) is 7.23. The number of ether oxygens (including phenoxy) is 2. The molecule has 3 saturated heterocycles. The van der Waals surface area contributed by atoms with Crippen LogP contribution < -0.4 is 4.74 Å². The molecule has 1 aromatic carbocycles. The van der Waals surface area contributed by atoms with Gasteiger partial charge < -0.3 is 14.4 Å². The Kier molecular flexibility index (Phi) is 4.46. The standard InChI is InChI=1S/C19H26N2O3/c1-23-17-4-2-14(3-5-17)10-21-12-15-11-20(13-18(15)19(21)22)16-6-8-24-9-7-16/h2-5,15-16,18H,6-13H2,1H3/t15-,18-/m0/s1. The van der Waals surface area contributed by atoms with Crippen LogP contribution in [-0.2, 0) is 16.1 Å². The first-order valence-corrected chi connectivity index (χ1v) is 8.98. The average molecular weight is 330 g/mol. The summed E-state index contributed by atoms with van der Waals surface area (Å²) in [6.07, 6.45) is 2.23. The number of hydrogen-bond acceptors (Lipinski definition) is 4. The smallest absolute Gasteiger partial charge is 0.227 e. The Morgan fingerprint density at radius 1 is 1.12 bits per heavy atom. The third kappa shape index (κ3) is 3.03. The molecule has 130 valence electrons. The summed E-state index contributed by atoms with van der Waals surface area (Å²) in [5, 5.41) is 0. The minimum atomic E-state index is 0.200. The van der Waals surface area contributed by atoms with Crippen molar-refractivity contribution in [2.24, 2.45) is 11.8 Å². The number of hydrogen-bond donors (Lipinski definition) is 0. The summed E-state index contributed by atoms with van der Waals surface area (Å²) in [6, 6.07) is 8.64. The van der Waals surface area contributed by atoms with Gasteiger partial charge in [0.15, 0.2) is 0 Å². The van der Waals surface area contributed by atoms with E-state index in [-0.39, 0.29) is 5.92 Å². The molecule has 3 aliphatic rings. The molecule has 1 amide bonds. The summed E-state index contributed by atoms with van der Waals surface area (Å²) in [5.74, 6) is 1.89. The second kappa shape index (κ2) is 6.73. The molecular formula is C19H26N2O3. The van der Waals surface area contributed by atoms with Crippen molar-refractivity contribution in [1.29, 1.82) is 0 Å². The lowest BCUT2D eigenvalue weighted by Crippen LogP contribution is -2.40. The molecule has 0 spiro atoms. The molecule has 0 aromatic heterocycles. The van der Waals surface area contributed by atoms with Crippen LogP contribution in [0.15, 0.2) is 24.3 Å². The molecule has 0 saturated carbocycles. The van der Waals surface area contributed by atoms with Gasteiger partial charge in [0, 0.05) is 51.4 Å². The summed E-state index contributed by atoms with van der Waals surface area (Å²) >= 11 is 0. The fourth-order valence-corrected chi connectivity index (χ4v) is 4.42. The van der Waals surface area contributed by atoms with Gasteiger partial charge in [-0.15, -0.1) is 0 Å². The van der Waals surface area contributed by atoms with Gasteiger partial charge in [-0.05, 0) is 30.5 Å². The number of carbonyl (C=O) groups excluding carboxylic acids is 1. The normalized spacial score (nSPS) is 28.4. The van der Waals surface area contributed by atoms with Crippen molar-refractivity contribution < 1.29 is 14.3 Å². The van der Waals surface area contributed by atoms with Gasteiger partial charge in [0.05, 0.1) is 13.0 Å². The van der Waals surface area contributed by atoms with Crippen LogP contribution in [0, 0.1) is 11.8 Å². The van der Waals surface area contributed by atoms with E-state index in [1.165, 1.54) is 5.56 Å². The topological polar surface area (TPSA) is 42.0 Å². The lowest BCUT2D eigenvalue weighted by atomic mass is 10.0. The van der Waals surface area contributed by atoms with Crippen LogP contribution in [0.2, 0.25) is 0 Å². The lowest BCUT2D eigenvalue weighted by molar-refractivity contribution is -0.131. The van der Waals surface area contributed by atoms with Crippen LogP contribution in [-0.4, -0.2) is 61.7 Å². The van der Waals surface area contributed by atoms with E-state index in [1.807, 2.05) is 17.0 Å². The molecule has 24 heavy (non-hydrogen) atoms. The molecule has 5 nitrogen and oxygen atoms in total. The van der Waals surface area contributed by atoms with Crippen LogP contribution in [0.4, 0.5) is 0 Å². The van der Waals surface area contributed by atoms with Crippen molar-refractivity contribution in [3.8, 4) is 5.75 Å². The Bertz CT molecular complexity index is 583. The molecule has 4 rings (SSSR count). The highest BCUT2D eigenvalue weighted by atomic mass is 16.5. The third-order valence-corrected chi connectivity index (χ3v) is 5.79. The minimum absolute atomic E-state index is 0.200. The van der Waals surface area contributed by atoms with Crippen LogP contribution in [0.1, 0.15) is 18.4 Å². The fraction of sp³-hybridized carbons (Fsp3) is 0.632. The van der Waals surface area contributed by atoms with E-state index < -0.39 is 0 Å². The predicted octanol–water partition coefficient (Wildman–Crippen LogP) is 1.76. The number of nitrogens with zero attached hydrogens (tertiary/aromatic N) is 2. The van der Waals surface area contributed by atoms with Crippen LogP contribution in [0.25, 0.3) is 0 Å². The van der Waals surface area contributed by atoms with E-state index in [2.05, 4.69) is 17.0 Å². The van der Waals surface area contributed by atoms with Gasteiger partial charge in [-0.25, -0.2) is 0 Å². The van der Waals surface area contributed by atoms with Crippen molar-refractivity contribution in [1.82, 2.24) is 9.80 Å². The highest BCUT2D eigenvalue weighted by Crippen LogP contribution is 2.35. The van der Waals surface area contributed by atoms with Crippen molar-refractivity contribution in [3.63, 3.8) is 0 Å². The molecule has 2 atom stereocenters. The molecule has 3 aliphatic heterocycles. The van der Waals surface area contributed by atoms with Crippen molar-refractivity contribution in [3.05, 3.63) is 29.8 Å². The molecule has 0 radical (unpaired) electrons. The van der Waals surface area contributed by atoms with E-state index in [4.69, 9.17) is 9.47 Å². The number of fused-ring (bicyclic) bond motifs is 1. The van der Waals surface area contributed by atoms with Gasteiger partial charge in [-0.1, -0.05) is 12.1 Å². The van der Waals surface area contributed by atoms with Crippen molar-refractivity contribution in [2.75, 3.05) is 40.0 Å². The number of benzene rings is 1. The molecule has 3 fully saturated rings. The summed E-state index contributed by atoms with van der Waals surface area (Å²) in [5.41, 5.74) is 1.17. The third-order valence-electron chi connectivity index (χ3n) is 5.79. The maximum Gasteiger partial charge on any atom is 0.227 e. The van der Waals surface area contributed by atoms with E-state index in [0.717, 1.165) is 51.4 Å². The zero-order valence-corrected chi connectivity index (χ0v) is 14.3. The van der Waals surface area contributed by atoms with Gasteiger partial charge in [-0.2, -0.15) is 0 Å². The number of amides is 1. The van der Waals surface area contributed by atoms with Crippen LogP contribution in [0.3, 0.4) is 0 Å². The lowest BCUT2D eigenvalue weighted by Gasteiger charge is -2.32. The zero-order chi connectivity index (χ0) is 16.5. The molecule has 0 bridgehead atoms. The maximum absolute atomic E-state index is 12.8. The van der Waals surface area contributed by atoms with E-state index in [0.29, 0.717) is 24.4 Å². The number of methoxy groups -OCH3 is 1. The summed E-state index contributed by atoms with van der Waals surface area (Å²) in [4.78, 5) is 17.4. The second-order valence-electron chi connectivity index (χ2n) is 7.23. The molecule has 0 unspecified atom stereocenters. The summed E-state index contributed by atoms with van der Waals surface area (Å²) < 4.78 is 10.7. The molecule has 0 aliphatic carbocycles. The Balaban J connectivity index is 1.36.